The highest BCUT2D eigenvalue weighted by molar-refractivity contribution is 5.94. The molecule has 1 saturated heterocycles. The van der Waals surface area contributed by atoms with Gasteiger partial charge in [-0.2, -0.15) is 0 Å². The molecule has 1 fully saturated rings. The fourth-order valence-electron chi connectivity index (χ4n) is 2.81. The Balaban J connectivity index is 0.00000264. The van der Waals surface area contributed by atoms with Crippen molar-refractivity contribution in [3.05, 3.63) is 29.8 Å². The molecular formula is C18H29ClN2O2. The highest BCUT2D eigenvalue weighted by Gasteiger charge is 2.23. The molecule has 0 radical (unpaired) electrons. The van der Waals surface area contributed by atoms with Gasteiger partial charge in [0.1, 0.15) is 5.75 Å². The Bertz CT molecular complexity index is 474. The zero-order valence-electron chi connectivity index (χ0n) is 14.2. The predicted octanol–water partition coefficient (Wildman–Crippen LogP) is 3.36. The minimum atomic E-state index is 0. The van der Waals surface area contributed by atoms with Crippen molar-refractivity contribution in [1.82, 2.24) is 10.2 Å². The maximum atomic E-state index is 12.6. The first kappa shape index (κ1) is 19.8. The molecule has 0 unspecified atom stereocenters. The van der Waals surface area contributed by atoms with Gasteiger partial charge in [-0.3, -0.25) is 4.79 Å². The Labute approximate surface area is 146 Å². The number of hydrogen-bond acceptors (Lipinski definition) is 3. The van der Waals surface area contributed by atoms with Gasteiger partial charge in [-0.05, 0) is 56.5 Å². The molecule has 1 aromatic carbocycles. The molecule has 1 heterocycles. The van der Waals surface area contributed by atoms with Gasteiger partial charge in [0.25, 0.3) is 5.91 Å². The predicted molar refractivity (Wildman–Crippen MR) is 96.6 cm³/mol. The Kier molecular flexibility index (Phi) is 9.03. The van der Waals surface area contributed by atoms with Crippen LogP contribution in [0.3, 0.4) is 0 Å². The summed E-state index contributed by atoms with van der Waals surface area (Å²) in [5, 5.41) is 3.40. The first-order valence-electron chi connectivity index (χ1n) is 8.47. The second kappa shape index (κ2) is 10.5. The number of benzene rings is 1. The lowest BCUT2D eigenvalue weighted by molar-refractivity contribution is 0.0690. The zero-order chi connectivity index (χ0) is 15.8. The molecule has 1 aromatic rings. The Hall–Kier alpha value is -1.26. The van der Waals surface area contributed by atoms with Gasteiger partial charge < -0.3 is 15.0 Å². The lowest BCUT2D eigenvalue weighted by Crippen LogP contribution is -2.40. The third kappa shape index (κ3) is 6.04. The van der Waals surface area contributed by atoms with Gasteiger partial charge in [0, 0.05) is 18.7 Å². The van der Waals surface area contributed by atoms with Gasteiger partial charge in [0.2, 0.25) is 0 Å². The van der Waals surface area contributed by atoms with Gasteiger partial charge in [0.05, 0.1) is 6.61 Å². The van der Waals surface area contributed by atoms with Gasteiger partial charge in [-0.1, -0.05) is 19.9 Å². The summed E-state index contributed by atoms with van der Waals surface area (Å²) in [6, 6.07) is 7.56. The van der Waals surface area contributed by atoms with Crippen LogP contribution in [0.25, 0.3) is 0 Å². The molecule has 1 aliphatic rings. The molecule has 0 bridgehead atoms. The molecule has 0 aliphatic carbocycles. The molecule has 130 valence electrons. The van der Waals surface area contributed by atoms with Crippen molar-refractivity contribution in [2.75, 3.05) is 32.8 Å². The molecule has 0 atom stereocenters. The summed E-state index contributed by atoms with van der Waals surface area (Å²) in [7, 11) is 0. The van der Waals surface area contributed by atoms with E-state index in [0.717, 1.165) is 56.8 Å². The van der Waals surface area contributed by atoms with Crippen molar-refractivity contribution in [1.29, 1.82) is 0 Å². The SMILES string of the molecule is CCCOc1cccc(C(=O)N2CCC(CNCC)CC2)c1.Cl. The molecule has 0 saturated carbocycles. The molecule has 0 spiro atoms. The Morgan fingerprint density at radius 2 is 2.04 bits per heavy atom. The van der Waals surface area contributed by atoms with E-state index in [9.17, 15) is 4.79 Å². The molecule has 2 rings (SSSR count). The average molecular weight is 341 g/mol. The first-order chi connectivity index (χ1) is 10.7. The largest absolute Gasteiger partial charge is 0.494 e. The summed E-state index contributed by atoms with van der Waals surface area (Å²) in [5.74, 6) is 1.61. The van der Waals surface area contributed by atoms with Gasteiger partial charge in [-0.25, -0.2) is 0 Å². The van der Waals surface area contributed by atoms with E-state index in [2.05, 4.69) is 19.2 Å². The van der Waals surface area contributed by atoms with Crippen LogP contribution in [0.5, 0.6) is 5.75 Å². The van der Waals surface area contributed by atoms with Crippen LogP contribution in [0.4, 0.5) is 0 Å². The van der Waals surface area contributed by atoms with Gasteiger partial charge >= 0.3 is 0 Å². The number of nitrogens with one attached hydrogen (secondary N) is 1. The van der Waals surface area contributed by atoms with Crippen molar-refractivity contribution in [2.24, 2.45) is 5.92 Å². The number of piperidine rings is 1. The third-order valence-electron chi connectivity index (χ3n) is 4.14. The molecule has 1 amide bonds. The summed E-state index contributed by atoms with van der Waals surface area (Å²) >= 11 is 0. The number of carbonyl (C=O) groups excluding carboxylic acids is 1. The Morgan fingerprint density at radius 1 is 1.30 bits per heavy atom. The van der Waals surface area contributed by atoms with Gasteiger partial charge in [0.15, 0.2) is 0 Å². The number of rotatable bonds is 7. The number of nitrogens with zero attached hydrogens (tertiary/aromatic N) is 1. The highest BCUT2D eigenvalue weighted by Crippen LogP contribution is 2.20. The zero-order valence-corrected chi connectivity index (χ0v) is 15.0. The number of amides is 1. The number of likely N-dealkylation sites (tertiary alicyclic amines) is 1. The number of halogens is 1. The van der Waals surface area contributed by atoms with Crippen molar-refractivity contribution < 1.29 is 9.53 Å². The summed E-state index contributed by atoms with van der Waals surface area (Å²) in [6.45, 7) is 8.69. The second-order valence-electron chi connectivity index (χ2n) is 5.92. The maximum absolute atomic E-state index is 12.6. The average Bonchev–Trinajstić information content (AvgIpc) is 2.58. The van der Waals surface area contributed by atoms with Crippen LogP contribution in [0.2, 0.25) is 0 Å². The number of hydrogen-bond donors (Lipinski definition) is 1. The summed E-state index contributed by atoms with van der Waals surface area (Å²) in [5.41, 5.74) is 0.735. The van der Waals surface area contributed by atoms with E-state index < -0.39 is 0 Å². The molecule has 1 N–H and O–H groups in total. The van der Waals surface area contributed by atoms with Crippen LogP contribution < -0.4 is 10.1 Å². The minimum Gasteiger partial charge on any atom is -0.494 e. The van der Waals surface area contributed by atoms with E-state index in [1.165, 1.54) is 0 Å². The molecule has 5 heteroatoms. The normalized spacial score (nSPS) is 15.1. The van der Waals surface area contributed by atoms with Crippen LogP contribution >= 0.6 is 12.4 Å². The van der Waals surface area contributed by atoms with Crippen LogP contribution in [0, 0.1) is 5.92 Å². The van der Waals surface area contributed by atoms with Crippen LogP contribution in [0.1, 0.15) is 43.5 Å². The smallest absolute Gasteiger partial charge is 0.253 e. The second-order valence-corrected chi connectivity index (χ2v) is 5.92. The standard InChI is InChI=1S/C18H28N2O2.ClH/c1-3-12-22-17-7-5-6-16(13-17)18(21)20-10-8-15(9-11-20)14-19-4-2;/h5-7,13,15,19H,3-4,8-12,14H2,1-2H3;1H. The number of ether oxygens (including phenoxy) is 1. The lowest BCUT2D eigenvalue weighted by Gasteiger charge is -2.32. The quantitative estimate of drug-likeness (QED) is 0.827. The monoisotopic (exact) mass is 340 g/mol. The van der Waals surface area contributed by atoms with Crippen LogP contribution in [-0.4, -0.2) is 43.6 Å². The van der Waals surface area contributed by atoms with Crippen molar-refractivity contribution in [3.8, 4) is 5.75 Å². The molecule has 1 aliphatic heterocycles. The van der Waals surface area contributed by atoms with E-state index >= 15 is 0 Å². The van der Waals surface area contributed by atoms with Crippen LogP contribution in [-0.2, 0) is 0 Å². The van der Waals surface area contributed by atoms with E-state index in [1.807, 2.05) is 29.2 Å². The van der Waals surface area contributed by atoms with Crippen molar-refractivity contribution in [3.63, 3.8) is 0 Å². The lowest BCUT2D eigenvalue weighted by atomic mass is 9.96. The van der Waals surface area contributed by atoms with Crippen LogP contribution in [0.15, 0.2) is 24.3 Å². The summed E-state index contributed by atoms with van der Waals surface area (Å²) in [4.78, 5) is 14.6. The summed E-state index contributed by atoms with van der Waals surface area (Å²) in [6.07, 6.45) is 3.15. The fourth-order valence-corrected chi connectivity index (χ4v) is 2.81. The first-order valence-corrected chi connectivity index (χ1v) is 8.47. The molecular weight excluding hydrogens is 312 g/mol. The topological polar surface area (TPSA) is 41.6 Å². The van der Waals surface area contributed by atoms with Crippen molar-refractivity contribution in [2.45, 2.75) is 33.1 Å². The van der Waals surface area contributed by atoms with Crippen molar-refractivity contribution >= 4 is 18.3 Å². The van der Waals surface area contributed by atoms with E-state index in [4.69, 9.17) is 4.74 Å². The highest BCUT2D eigenvalue weighted by atomic mass is 35.5. The van der Waals surface area contributed by atoms with E-state index in [-0.39, 0.29) is 18.3 Å². The Morgan fingerprint density at radius 3 is 2.70 bits per heavy atom. The van der Waals surface area contributed by atoms with E-state index in [0.29, 0.717) is 12.5 Å². The molecule has 0 aromatic heterocycles. The molecule has 4 nitrogen and oxygen atoms in total. The molecule has 23 heavy (non-hydrogen) atoms. The minimum absolute atomic E-state index is 0. The fraction of sp³-hybridized carbons (Fsp3) is 0.611. The third-order valence-corrected chi connectivity index (χ3v) is 4.14. The summed E-state index contributed by atoms with van der Waals surface area (Å²) < 4.78 is 5.62. The number of carbonyl (C=O) groups is 1. The maximum Gasteiger partial charge on any atom is 0.253 e. The van der Waals surface area contributed by atoms with Gasteiger partial charge in [-0.15, -0.1) is 12.4 Å². The van der Waals surface area contributed by atoms with E-state index in [1.54, 1.807) is 0 Å².